The van der Waals surface area contributed by atoms with Crippen molar-refractivity contribution >= 4 is 22.8 Å². The second-order valence-corrected chi connectivity index (χ2v) is 12.5. The molecule has 2 aromatic carbocycles. The number of nitriles is 1. The maximum Gasteiger partial charge on any atom is 0.186 e. The van der Waals surface area contributed by atoms with Crippen molar-refractivity contribution < 1.29 is 14.3 Å². The lowest BCUT2D eigenvalue weighted by Gasteiger charge is -2.38. The van der Waals surface area contributed by atoms with Crippen LogP contribution in [0.2, 0.25) is 0 Å². The smallest absolute Gasteiger partial charge is 0.186 e. The number of carbonyl (C=O) groups is 1. The molecule has 216 valence electrons. The van der Waals surface area contributed by atoms with E-state index in [-0.39, 0.29) is 17.6 Å². The fraction of sp³-hybridized carbons (Fsp3) is 0.469. The van der Waals surface area contributed by atoms with Crippen molar-refractivity contribution in [2.24, 2.45) is 5.92 Å². The second kappa shape index (κ2) is 12.7. The van der Waals surface area contributed by atoms with Gasteiger partial charge >= 0.3 is 0 Å². The number of nitrogens with one attached hydrogen (secondary N) is 1. The topological polar surface area (TPSA) is 90.7 Å². The summed E-state index contributed by atoms with van der Waals surface area (Å²) in [5.74, 6) is 0.994. The van der Waals surface area contributed by atoms with E-state index in [1.807, 2.05) is 24.3 Å². The zero-order valence-electron chi connectivity index (χ0n) is 24.4. The Morgan fingerprint density at radius 1 is 1.29 bits per heavy atom. The SMILES string of the molecule is CCC1CN(c2nc(-c3cc(C)ccc3OCc3ccc(CN4CCOC(C)(C)C4)cc3C#N)cs2)CN[C@H]1C=O. The van der Waals surface area contributed by atoms with E-state index >= 15 is 0 Å². The quantitative estimate of drug-likeness (QED) is 0.352. The highest BCUT2D eigenvalue weighted by molar-refractivity contribution is 7.14. The number of rotatable bonds is 9. The van der Waals surface area contributed by atoms with Gasteiger partial charge in [-0.15, -0.1) is 11.3 Å². The van der Waals surface area contributed by atoms with Crippen LogP contribution in [0.4, 0.5) is 5.13 Å². The highest BCUT2D eigenvalue weighted by atomic mass is 32.1. The van der Waals surface area contributed by atoms with Gasteiger partial charge in [-0.05, 0) is 56.9 Å². The third kappa shape index (κ3) is 6.96. The summed E-state index contributed by atoms with van der Waals surface area (Å²) in [6.45, 7) is 13.4. The maximum absolute atomic E-state index is 11.4. The van der Waals surface area contributed by atoms with Gasteiger partial charge in [-0.3, -0.25) is 10.2 Å². The number of carbonyl (C=O) groups excluding carboxylic acids is 1. The highest BCUT2D eigenvalue weighted by Crippen LogP contribution is 2.35. The lowest BCUT2D eigenvalue weighted by Crippen LogP contribution is -2.54. The molecule has 0 amide bonds. The normalized spacial score (nSPS) is 20.9. The minimum Gasteiger partial charge on any atom is -0.488 e. The molecule has 2 saturated heterocycles. The molecule has 1 aromatic heterocycles. The number of anilines is 1. The fourth-order valence-electron chi connectivity index (χ4n) is 5.65. The third-order valence-electron chi connectivity index (χ3n) is 7.91. The first kappa shape index (κ1) is 29.2. The standard InChI is InChI=1S/C32H39N5O3S/c1-5-24-16-37(21-34-28(24)17-38)31-35-29(19-41-31)27-12-22(2)6-9-30(27)39-18-25-8-7-23(13-26(25)14-33)15-36-10-11-40-32(3,4)20-36/h6-9,12-13,17,19,24,28,34H,5,10-11,15-16,18,20-21H2,1-4H3/t24?,28-/m0/s1. The van der Waals surface area contributed by atoms with E-state index in [2.05, 4.69) is 66.4 Å². The Morgan fingerprint density at radius 2 is 2.15 bits per heavy atom. The van der Waals surface area contributed by atoms with Gasteiger partial charge in [0.15, 0.2) is 5.13 Å². The Bertz CT molecular complexity index is 1410. The third-order valence-corrected chi connectivity index (χ3v) is 8.82. The number of aldehydes is 1. The molecule has 5 rings (SSSR count). The van der Waals surface area contributed by atoms with Crippen LogP contribution in [0.1, 0.15) is 49.4 Å². The first-order chi connectivity index (χ1) is 19.8. The highest BCUT2D eigenvalue weighted by Gasteiger charge is 2.29. The van der Waals surface area contributed by atoms with Gasteiger partial charge < -0.3 is 19.2 Å². The van der Waals surface area contributed by atoms with Crippen molar-refractivity contribution in [3.05, 3.63) is 64.0 Å². The zero-order valence-corrected chi connectivity index (χ0v) is 25.2. The van der Waals surface area contributed by atoms with Crippen LogP contribution in [0.3, 0.4) is 0 Å². The minimum atomic E-state index is -0.157. The molecule has 2 fully saturated rings. The van der Waals surface area contributed by atoms with Gasteiger partial charge in [0.2, 0.25) is 0 Å². The number of morpholine rings is 1. The average molecular weight is 574 g/mol. The van der Waals surface area contributed by atoms with Crippen LogP contribution in [0, 0.1) is 24.2 Å². The Kier molecular flexibility index (Phi) is 9.05. The van der Waals surface area contributed by atoms with Crippen LogP contribution in [0.5, 0.6) is 5.75 Å². The largest absolute Gasteiger partial charge is 0.488 e. The molecule has 8 nitrogen and oxygen atoms in total. The monoisotopic (exact) mass is 573 g/mol. The lowest BCUT2D eigenvalue weighted by molar-refractivity contribution is -0.111. The molecule has 3 aromatic rings. The average Bonchev–Trinajstić information content (AvgIpc) is 3.46. The molecule has 2 atom stereocenters. The lowest BCUT2D eigenvalue weighted by atomic mass is 9.96. The van der Waals surface area contributed by atoms with Crippen molar-refractivity contribution in [3.8, 4) is 23.1 Å². The molecule has 0 aliphatic carbocycles. The molecule has 1 unspecified atom stereocenters. The minimum absolute atomic E-state index is 0.105. The van der Waals surface area contributed by atoms with Gasteiger partial charge in [-0.1, -0.05) is 30.7 Å². The molecule has 0 saturated carbocycles. The summed E-state index contributed by atoms with van der Waals surface area (Å²) in [5.41, 5.74) is 5.37. The molecule has 1 N–H and O–H groups in total. The van der Waals surface area contributed by atoms with Gasteiger partial charge in [0.1, 0.15) is 18.6 Å². The number of hydrogen-bond donors (Lipinski definition) is 1. The summed E-state index contributed by atoms with van der Waals surface area (Å²) in [5, 5.41) is 16.2. The molecule has 0 radical (unpaired) electrons. The Hall–Kier alpha value is -3.29. The van der Waals surface area contributed by atoms with Crippen LogP contribution in [-0.2, 0) is 22.7 Å². The van der Waals surface area contributed by atoms with Crippen LogP contribution in [-0.4, -0.2) is 60.7 Å². The van der Waals surface area contributed by atoms with Crippen molar-refractivity contribution in [2.75, 3.05) is 37.8 Å². The maximum atomic E-state index is 11.4. The van der Waals surface area contributed by atoms with Crippen molar-refractivity contribution in [1.29, 1.82) is 5.26 Å². The van der Waals surface area contributed by atoms with Crippen molar-refractivity contribution in [2.45, 2.75) is 58.9 Å². The Morgan fingerprint density at radius 3 is 2.90 bits per heavy atom. The van der Waals surface area contributed by atoms with E-state index in [1.54, 1.807) is 11.3 Å². The predicted octanol–water partition coefficient (Wildman–Crippen LogP) is 5.14. The van der Waals surface area contributed by atoms with E-state index < -0.39 is 0 Å². The summed E-state index contributed by atoms with van der Waals surface area (Å²) in [6, 6.07) is 14.5. The van der Waals surface area contributed by atoms with Crippen molar-refractivity contribution in [3.63, 3.8) is 0 Å². The van der Waals surface area contributed by atoms with Crippen LogP contribution in [0.25, 0.3) is 11.3 Å². The number of thiazole rings is 1. The molecule has 2 aliphatic heterocycles. The number of ether oxygens (including phenoxy) is 2. The zero-order chi connectivity index (χ0) is 29.0. The number of benzene rings is 2. The van der Waals surface area contributed by atoms with E-state index in [1.165, 1.54) is 0 Å². The Balaban J connectivity index is 1.29. The summed E-state index contributed by atoms with van der Waals surface area (Å²) < 4.78 is 12.2. The van der Waals surface area contributed by atoms with Gasteiger partial charge in [0.25, 0.3) is 0 Å². The molecule has 3 heterocycles. The van der Waals surface area contributed by atoms with Crippen LogP contribution in [0.15, 0.2) is 41.8 Å². The number of nitrogens with zero attached hydrogens (tertiary/aromatic N) is 4. The molecular weight excluding hydrogens is 534 g/mol. The first-order valence-corrected chi connectivity index (χ1v) is 15.2. The Labute approximate surface area is 246 Å². The molecule has 9 heteroatoms. The van der Waals surface area contributed by atoms with E-state index in [4.69, 9.17) is 14.5 Å². The molecule has 2 aliphatic rings. The number of hydrogen-bond acceptors (Lipinski definition) is 9. The number of aromatic nitrogens is 1. The van der Waals surface area contributed by atoms with Crippen molar-refractivity contribution in [1.82, 2.24) is 15.2 Å². The van der Waals surface area contributed by atoms with E-state index in [0.717, 1.165) is 84.3 Å². The summed E-state index contributed by atoms with van der Waals surface area (Å²) in [6.07, 6.45) is 1.95. The summed E-state index contributed by atoms with van der Waals surface area (Å²) in [4.78, 5) is 21.0. The number of aryl methyl sites for hydroxylation is 1. The van der Waals surface area contributed by atoms with E-state index in [9.17, 15) is 10.1 Å². The van der Waals surface area contributed by atoms with Gasteiger partial charge in [0, 0.05) is 42.7 Å². The molecule has 41 heavy (non-hydrogen) atoms. The van der Waals surface area contributed by atoms with E-state index in [0.29, 0.717) is 18.8 Å². The summed E-state index contributed by atoms with van der Waals surface area (Å²) >= 11 is 1.60. The van der Waals surface area contributed by atoms with Gasteiger partial charge in [-0.25, -0.2) is 4.98 Å². The summed E-state index contributed by atoms with van der Waals surface area (Å²) in [7, 11) is 0. The van der Waals surface area contributed by atoms with Gasteiger partial charge in [-0.2, -0.15) is 5.26 Å². The fourth-order valence-corrected chi connectivity index (χ4v) is 6.49. The molecule has 0 spiro atoms. The van der Waals surface area contributed by atoms with Crippen LogP contribution >= 0.6 is 11.3 Å². The molecule has 0 bridgehead atoms. The molecular formula is C32H39N5O3S. The van der Waals surface area contributed by atoms with Crippen LogP contribution < -0.4 is 15.0 Å². The predicted molar refractivity (Wildman–Crippen MR) is 162 cm³/mol. The first-order valence-electron chi connectivity index (χ1n) is 14.3. The van der Waals surface area contributed by atoms with Gasteiger partial charge in [0.05, 0.1) is 42.2 Å². The second-order valence-electron chi connectivity index (χ2n) is 11.6.